The summed E-state index contributed by atoms with van der Waals surface area (Å²) in [5, 5.41) is 11.1. The molecule has 5 nitrogen and oxygen atoms in total. The first-order valence-electron chi connectivity index (χ1n) is 4.94. The first-order valence-corrected chi connectivity index (χ1v) is 5.82. The molecule has 0 radical (unpaired) electrons. The van der Waals surface area contributed by atoms with Gasteiger partial charge in [-0.05, 0) is 12.8 Å². The van der Waals surface area contributed by atoms with Gasteiger partial charge in [-0.3, -0.25) is 0 Å². The molecule has 0 aromatic carbocycles. The van der Waals surface area contributed by atoms with Crippen LogP contribution in [-0.2, 0) is 6.54 Å². The van der Waals surface area contributed by atoms with Crippen molar-refractivity contribution in [3.05, 3.63) is 23.0 Å². The maximum absolute atomic E-state index is 5.65. The molecule has 2 aromatic rings. The summed E-state index contributed by atoms with van der Waals surface area (Å²) < 4.78 is 1.84. The number of hydrogen-bond acceptors (Lipinski definition) is 5. The number of nitrogens with zero attached hydrogens (tertiary/aromatic N) is 4. The van der Waals surface area contributed by atoms with Crippen molar-refractivity contribution in [3.63, 3.8) is 0 Å². The molecule has 15 heavy (non-hydrogen) atoms. The Kier molecular flexibility index (Phi) is 2.03. The Labute approximate surface area is 90.9 Å². The minimum atomic E-state index is 0.456. The van der Waals surface area contributed by atoms with Crippen molar-refractivity contribution in [2.45, 2.75) is 25.3 Å². The second-order valence-corrected chi connectivity index (χ2v) is 4.50. The lowest BCUT2D eigenvalue weighted by Gasteiger charge is -2.01. The monoisotopic (exact) mass is 221 g/mol. The highest BCUT2D eigenvalue weighted by Crippen LogP contribution is 2.41. The Morgan fingerprint density at radius 2 is 2.40 bits per heavy atom. The lowest BCUT2D eigenvalue weighted by molar-refractivity contribution is 0.758. The Morgan fingerprint density at radius 3 is 3.00 bits per heavy atom. The zero-order chi connectivity index (χ0) is 10.3. The molecule has 0 unspecified atom stereocenters. The van der Waals surface area contributed by atoms with Crippen LogP contribution in [0.5, 0.6) is 0 Å². The predicted octanol–water partition coefficient (Wildman–Crippen LogP) is 1.06. The van der Waals surface area contributed by atoms with Crippen molar-refractivity contribution >= 4 is 11.3 Å². The molecule has 0 bridgehead atoms. The molecule has 0 aliphatic heterocycles. The molecule has 2 aromatic heterocycles. The van der Waals surface area contributed by atoms with Crippen LogP contribution in [0.3, 0.4) is 0 Å². The molecular weight excluding hydrogens is 210 g/mol. The standard InChI is InChI=1S/C9H11N5S/c10-5-7-8(6-1-2-6)14(13-12-7)9-11-3-4-15-9/h3-4,6H,1-2,5,10H2. The average Bonchev–Trinajstić information content (AvgIpc) is 2.83. The summed E-state index contributed by atoms with van der Waals surface area (Å²) in [6.07, 6.45) is 4.21. The van der Waals surface area contributed by atoms with E-state index < -0.39 is 0 Å². The van der Waals surface area contributed by atoms with Gasteiger partial charge in [-0.2, -0.15) is 4.68 Å². The maximum Gasteiger partial charge on any atom is 0.211 e. The molecule has 78 valence electrons. The predicted molar refractivity (Wildman–Crippen MR) is 56.9 cm³/mol. The molecule has 1 saturated carbocycles. The molecule has 0 amide bonds. The molecular formula is C9H11N5S. The Bertz CT molecular complexity index is 457. The summed E-state index contributed by atoms with van der Waals surface area (Å²) in [4.78, 5) is 4.24. The average molecular weight is 221 g/mol. The smallest absolute Gasteiger partial charge is 0.211 e. The van der Waals surface area contributed by atoms with Crippen LogP contribution in [0.4, 0.5) is 0 Å². The molecule has 6 heteroatoms. The first kappa shape index (κ1) is 8.99. The highest BCUT2D eigenvalue weighted by Gasteiger charge is 2.31. The third-order valence-corrected chi connectivity index (χ3v) is 3.28. The Balaban J connectivity index is 2.11. The summed E-state index contributed by atoms with van der Waals surface area (Å²) in [5.74, 6) is 0.586. The van der Waals surface area contributed by atoms with E-state index in [0.29, 0.717) is 12.5 Å². The second-order valence-electron chi connectivity index (χ2n) is 3.63. The number of aromatic nitrogens is 4. The summed E-state index contributed by atoms with van der Waals surface area (Å²) >= 11 is 1.57. The van der Waals surface area contributed by atoms with Gasteiger partial charge in [0.2, 0.25) is 5.13 Å². The quantitative estimate of drug-likeness (QED) is 0.841. The van der Waals surface area contributed by atoms with Crippen LogP contribution < -0.4 is 5.73 Å². The maximum atomic E-state index is 5.65. The number of hydrogen-bond donors (Lipinski definition) is 1. The van der Waals surface area contributed by atoms with E-state index in [1.54, 1.807) is 17.5 Å². The van der Waals surface area contributed by atoms with Gasteiger partial charge in [0.15, 0.2) is 0 Å². The second kappa shape index (κ2) is 3.39. The molecule has 2 heterocycles. The third-order valence-electron chi connectivity index (χ3n) is 2.54. The van der Waals surface area contributed by atoms with E-state index in [2.05, 4.69) is 15.3 Å². The Morgan fingerprint density at radius 1 is 1.53 bits per heavy atom. The summed E-state index contributed by atoms with van der Waals surface area (Å²) in [6, 6.07) is 0. The van der Waals surface area contributed by atoms with Gasteiger partial charge in [0.1, 0.15) is 5.69 Å². The number of rotatable bonds is 3. The molecule has 0 saturated heterocycles. The van der Waals surface area contributed by atoms with Gasteiger partial charge in [-0.25, -0.2) is 4.98 Å². The SMILES string of the molecule is NCc1nnn(-c2nccs2)c1C1CC1. The molecule has 0 spiro atoms. The van der Waals surface area contributed by atoms with E-state index >= 15 is 0 Å². The third kappa shape index (κ3) is 1.46. The van der Waals surface area contributed by atoms with Crippen LogP contribution in [0, 0.1) is 0 Å². The van der Waals surface area contributed by atoms with Gasteiger partial charge in [0.05, 0.1) is 5.69 Å². The van der Waals surface area contributed by atoms with Crippen molar-refractivity contribution in [2.75, 3.05) is 0 Å². The normalized spacial score (nSPS) is 15.8. The van der Waals surface area contributed by atoms with Crippen molar-refractivity contribution in [3.8, 4) is 5.13 Å². The van der Waals surface area contributed by atoms with Gasteiger partial charge in [-0.1, -0.05) is 5.21 Å². The van der Waals surface area contributed by atoms with E-state index in [-0.39, 0.29) is 0 Å². The van der Waals surface area contributed by atoms with E-state index in [0.717, 1.165) is 16.5 Å². The topological polar surface area (TPSA) is 69.6 Å². The van der Waals surface area contributed by atoms with Gasteiger partial charge in [-0.15, -0.1) is 16.4 Å². The summed E-state index contributed by atoms with van der Waals surface area (Å²) in [7, 11) is 0. The van der Waals surface area contributed by atoms with E-state index in [1.807, 2.05) is 10.1 Å². The molecule has 3 rings (SSSR count). The lowest BCUT2D eigenvalue weighted by atomic mass is 10.2. The first-order chi connectivity index (χ1) is 7.40. The number of thiazole rings is 1. The fourth-order valence-electron chi connectivity index (χ4n) is 1.69. The molecule has 2 N–H and O–H groups in total. The fraction of sp³-hybridized carbons (Fsp3) is 0.444. The zero-order valence-electron chi connectivity index (χ0n) is 8.13. The van der Waals surface area contributed by atoms with Crippen LogP contribution in [0.15, 0.2) is 11.6 Å². The van der Waals surface area contributed by atoms with Gasteiger partial charge in [0, 0.05) is 24.0 Å². The van der Waals surface area contributed by atoms with Gasteiger partial charge >= 0.3 is 0 Å². The number of nitrogens with two attached hydrogens (primary N) is 1. The summed E-state index contributed by atoms with van der Waals surface area (Å²) in [5.41, 5.74) is 7.72. The molecule has 1 aliphatic carbocycles. The summed E-state index contributed by atoms with van der Waals surface area (Å²) in [6.45, 7) is 0.456. The largest absolute Gasteiger partial charge is 0.325 e. The van der Waals surface area contributed by atoms with Gasteiger partial charge < -0.3 is 5.73 Å². The highest BCUT2D eigenvalue weighted by molar-refractivity contribution is 7.12. The van der Waals surface area contributed by atoms with Crippen LogP contribution in [0.1, 0.15) is 30.1 Å². The molecule has 1 aliphatic rings. The minimum absolute atomic E-state index is 0.456. The highest BCUT2D eigenvalue weighted by atomic mass is 32.1. The van der Waals surface area contributed by atoms with Crippen LogP contribution in [0.25, 0.3) is 5.13 Å². The van der Waals surface area contributed by atoms with Crippen LogP contribution in [0.2, 0.25) is 0 Å². The van der Waals surface area contributed by atoms with E-state index in [4.69, 9.17) is 5.73 Å². The van der Waals surface area contributed by atoms with Crippen LogP contribution >= 0.6 is 11.3 Å². The fourth-order valence-corrected chi connectivity index (χ4v) is 2.29. The molecule has 1 fully saturated rings. The van der Waals surface area contributed by atoms with Crippen molar-refractivity contribution in [1.82, 2.24) is 20.0 Å². The molecule has 0 atom stereocenters. The van der Waals surface area contributed by atoms with E-state index in [9.17, 15) is 0 Å². The van der Waals surface area contributed by atoms with Crippen LogP contribution in [-0.4, -0.2) is 20.0 Å². The Hall–Kier alpha value is -1.27. The van der Waals surface area contributed by atoms with E-state index in [1.165, 1.54) is 12.8 Å². The van der Waals surface area contributed by atoms with Crippen molar-refractivity contribution in [1.29, 1.82) is 0 Å². The zero-order valence-corrected chi connectivity index (χ0v) is 8.94. The van der Waals surface area contributed by atoms with Crippen molar-refractivity contribution < 1.29 is 0 Å². The van der Waals surface area contributed by atoms with Crippen molar-refractivity contribution in [2.24, 2.45) is 5.73 Å². The van der Waals surface area contributed by atoms with Gasteiger partial charge in [0.25, 0.3) is 0 Å². The lowest BCUT2D eigenvalue weighted by Crippen LogP contribution is -2.04. The minimum Gasteiger partial charge on any atom is -0.325 e.